The van der Waals surface area contributed by atoms with Crippen molar-refractivity contribution in [2.24, 2.45) is 11.8 Å². The van der Waals surface area contributed by atoms with Gasteiger partial charge in [-0.05, 0) is 36.1 Å². The molecule has 1 atom stereocenters. The quantitative estimate of drug-likeness (QED) is 0.767. The normalized spacial score (nSPS) is 12.1. The van der Waals surface area contributed by atoms with Crippen molar-refractivity contribution in [3.05, 3.63) is 35.4 Å². The lowest BCUT2D eigenvalue weighted by atomic mass is 9.99. The van der Waals surface area contributed by atoms with Crippen LogP contribution in [0, 0.1) is 11.8 Å². The Hall–Kier alpha value is -1.84. The number of ether oxygens (including phenoxy) is 2. The van der Waals surface area contributed by atoms with Gasteiger partial charge in [0, 0.05) is 0 Å². The van der Waals surface area contributed by atoms with Gasteiger partial charge in [-0.2, -0.15) is 0 Å². The first-order valence-corrected chi connectivity index (χ1v) is 6.31. The van der Waals surface area contributed by atoms with Gasteiger partial charge in [-0.15, -0.1) is 0 Å². The Morgan fingerprint density at radius 1 is 1.00 bits per heavy atom. The van der Waals surface area contributed by atoms with E-state index in [2.05, 4.69) is 18.6 Å². The third-order valence-corrected chi connectivity index (χ3v) is 3.16. The molecule has 0 spiro atoms. The summed E-state index contributed by atoms with van der Waals surface area (Å²) in [5, 5.41) is 0. The van der Waals surface area contributed by atoms with Crippen LogP contribution in [0.25, 0.3) is 0 Å². The first-order valence-electron chi connectivity index (χ1n) is 6.31. The molecule has 0 bridgehead atoms. The highest BCUT2D eigenvalue weighted by atomic mass is 16.5. The first-order chi connectivity index (χ1) is 8.95. The van der Waals surface area contributed by atoms with Gasteiger partial charge in [0.2, 0.25) is 0 Å². The molecule has 0 heterocycles. The van der Waals surface area contributed by atoms with E-state index in [1.165, 1.54) is 7.11 Å². The molecule has 4 heteroatoms. The third-order valence-electron chi connectivity index (χ3n) is 3.16. The van der Waals surface area contributed by atoms with Gasteiger partial charge < -0.3 is 9.47 Å². The Morgan fingerprint density at radius 2 is 1.47 bits per heavy atom. The fourth-order valence-corrected chi connectivity index (χ4v) is 1.34. The molecule has 0 radical (unpaired) electrons. The number of rotatable bonds is 5. The van der Waals surface area contributed by atoms with Crippen molar-refractivity contribution in [2.75, 3.05) is 13.7 Å². The second kappa shape index (κ2) is 6.92. The average Bonchev–Trinajstić information content (AvgIpc) is 2.43. The van der Waals surface area contributed by atoms with Gasteiger partial charge in [-0.3, -0.25) is 0 Å². The maximum absolute atomic E-state index is 11.8. The van der Waals surface area contributed by atoms with Crippen LogP contribution in [0.15, 0.2) is 24.3 Å². The summed E-state index contributed by atoms with van der Waals surface area (Å²) in [5.41, 5.74) is 0.846. The van der Waals surface area contributed by atoms with Gasteiger partial charge in [-0.1, -0.05) is 20.8 Å². The van der Waals surface area contributed by atoms with E-state index in [4.69, 9.17) is 4.74 Å². The number of carbonyl (C=O) groups is 2. The topological polar surface area (TPSA) is 52.6 Å². The third kappa shape index (κ3) is 4.39. The smallest absolute Gasteiger partial charge is 0.338 e. The van der Waals surface area contributed by atoms with E-state index in [0.717, 1.165) is 0 Å². The summed E-state index contributed by atoms with van der Waals surface area (Å²) in [6, 6.07) is 6.23. The molecule has 1 unspecified atom stereocenters. The summed E-state index contributed by atoms with van der Waals surface area (Å²) >= 11 is 0. The lowest BCUT2D eigenvalue weighted by Crippen LogP contribution is -2.16. The van der Waals surface area contributed by atoms with Crippen LogP contribution in [0.4, 0.5) is 0 Å². The molecule has 0 aliphatic heterocycles. The lowest BCUT2D eigenvalue weighted by molar-refractivity contribution is 0.0418. The minimum atomic E-state index is -0.423. The summed E-state index contributed by atoms with van der Waals surface area (Å²) < 4.78 is 9.81. The maximum atomic E-state index is 11.8. The monoisotopic (exact) mass is 264 g/mol. The fourth-order valence-electron chi connectivity index (χ4n) is 1.34. The predicted molar refractivity (Wildman–Crippen MR) is 72.1 cm³/mol. The van der Waals surface area contributed by atoms with E-state index in [0.29, 0.717) is 29.6 Å². The zero-order chi connectivity index (χ0) is 14.4. The molecule has 0 N–H and O–H groups in total. The van der Waals surface area contributed by atoms with Crippen molar-refractivity contribution in [2.45, 2.75) is 20.8 Å². The molecule has 104 valence electrons. The van der Waals surface area contributed by atoms with Gasteiger partial charge in [0.15, 0.2) is 0 Å². The molecular weight excluding hydrogens is 244 g/mol. The van der Waals surface area contributed by atoms with Crippen LogP contribution in [-0.2, 0) is 9.47 Å². The van der Waals surface area contributed by atoms with E-state index in [9.17, 15) is 9.59 Å². The zero-order valence-electron chi connectivity index (χ0n) is 11.8. The minimum Gasteiger partial charge on any atom is -0.465 e. The molecule has 19 heavy (non-hydrogen) atoms. The molecule has 1 rings (SSSR count). The number of hydrogen-bond acceptors (Lipinski definition) is 4. The lowest BCUT2D eigenvalue weighted by Gasteiger charge is -2.15. The van der Waals surface area contributed by atoms with Crippen molar-refractivity contribution in [3.63, 3.8) is 0 Å². The van der Waals surface area contributed by atoms with Crippen LogP contribution < -0.4 is 0 Å². The maximum Gasteiger partial charge on any atom is 0.338 e. The number of carbonyl (C=O) groups excluding carboxylic acids is 2. The van der Waals surface area contributed by atoms with E-state index >= 15 is 0 Å². The summed E-state index contributed by atoms with van der Waals surface area (Å²) in [6.45, 7) is 6.61. The van der Waals surface area contributed by atoms with E-state index in [1.807, 2.05) is 6.92 Å². The molecule has 0 fully saturated rings. The molecular formula is C15H20O4. The van der Waals surface area contributed by atoms with Crippen LogP contribution in [0.2, 0.25) is 0 Å². The number of esters is 2. The second-order valence-corrected chi connectivity index (χ2v) is 4.89. The summed E-state index contributed by atoms with van der Waals surface area (Å²) in [4.78, 5) is 23.0. The molecule has 0 aliphatic carbocycles. The standard InChI is InChI=1S/C15H20O4/c1-10(2)11(3)9-19-15(17)13-7-5-12(6-8-13)14(16)18-4/h5-8,10-11H,9H2,1-4H3. The highest BCUT2D eigenvalue weighted by Crippen LogP contribution is 2.12. The second-order valence-electron chi connectivity index (χ2n) is 4.89. The fraction of sp³-hybridized carbons (Fsp3) is 0.467. The van der Waals surface area contributed by atoms with Crippen molar-refractivity contribution >= 4 is 11.9 Å². The number of benzene rings is 1. The molecule has 1 aromatic rings. The van der Waals surface area contributed by atoms with Crippen molar-refractivity contribution in [1.29, 1.82) is 0 Å². The van der Waals surface area contributed by atoms with Crippen LogP contribution in [0.3, 0.4) is 0 Å². The molecule has 0 saturated carbocycles. The van der Waals surface area contributed by atoms with Gasteiger partial charge in [0.1, 0.15) is 0 Å². The average molecular weight is 264 g/mol. The van der Waals surface area contributed by atoms with Crippen LogP contribution in [-0.4, -0.2) is 25.7 Å². The zero-order valence-corrected chi connectivity index (χ0v) is 11.8. The van der Waals surface area contributed by atoms with Crippen molar-refractivity contribution < 1.29 is 19.1 Å². The van der Waals surface area contributed by atoms with E-state index in [-0.39, 0.29) is 5.97 Å². The summed E-state index contributed by atoms with van der Waals surface area (Å²) in [6.07, 6.45) is 0. The molecule has 0 aromatic heterocycles. The highest BCUT2D eigenvalue weighted by Gasteiger charge is 2.13. The Kier molecular flexibility index (Phi) is 5.55. The van der Waals surface area contributed by atoms with E-state index < -0.39 is 5.97 Å². The summed E-state index contributed by atoms with van der Waals surface area (Å²) in [5.74, 6) is -0.00921. The van der Waals surface area contributed by atoms with E-state index in [1.54, 1.807) is 24.3 Å². The Labute approximate surface area is 113 Å². The molecule has 0 aliphatic rings. The Balaban J connectivity index is 2.61. The SMILES string of the molecule is COC(=O)c1ccc(C(=O)OCC(C)C(C)C)cc1. The molecule has 1 aromatic carbocycles. The van der Waals surface area contributed by atoms with Crippen LogP contribution >= 0.6 is 0 Å². The Morgan fingerprint density at radius 3 is 1.89 bits per heavy atom. The predicted octanol–water partition coefficient (Wildman–Crippen LogP) is 2.92. The van der Waals surface area contributed by atoms with Gasteiger partial charge in [0.05, 0.1) is 24.8 Å². The van der Waals surface area contributed by atoms with Crippen LogP contribution in [0.1, 0.15) is 41.5 Å². The van der Waals surface area contributed by atoms with Gasteiger partial charge >= 0.3 is 11.9 Å². The largest absolute Gasteiger partial charge is 0.465 e. The van der Waals surface area contributed by atoms with Gasteiger partial charge in [-0.25, -0.2) is 9.59 Å². The van der Waals surface area contributed by atoms with Gasteiger partial charge in [0.25, 0.3) is 0 Å². The minimum absolute atomic E-state index is 0.318. The summed E-state index contributed by atoms with van der Waals surface area (Å²) in [7, 11) is 1.32. The molecule has 0 saturated heterocycles. The Bertz CT molecular complexity index is 434. The highest BCUT2D eigenvalue weighted by molar-refractivity contribution is 5.93. The number of hydrogen-bond donors (Lipinski definition) is 0. The number of methoxy groups -OCH3 is 1. The van der Waals surface area contributed by atoms with Crippen molar-refractivity contribution in [3.8, 4) is 0 Å². The molecule has 0 amide bonds. The van der Waals surface area contributed by atoms with Crippen LogP contribution in [0.5, 0.6) is 0 Å². The first kappa shape index (κ1) is 15.2. The van der Waals surface area contributed by atoms with Crippen molar-refractivity contribution in [1.82, 2.24) is 0 Å². The molecule has 4 nitrogen and oxygen atoms in total.